The molecule has 0 aromatic carbocycles. The van der Waals surface area contributed by atoms with E-state index in [1.165, 1.54) is 12.8 Å². The monoisotopic (exact) mass is 254 g/mol. The molecule has 5 nitrogen and oxygen atoms in total. The van der Waals surface area contributed by atoms with Gasteiger partial charge in [0, 0.05) is 6.04 Å². The van der Waals surface area contributed by atoms with Crippen molar-refractivity contribution >= 4 is 11.8 Å². The number of carbonyl (C=O) groups excluding carboxylic acids is 2. The molecular weight excluding hydrogens is 232 g/mol. The van der Waals surface area contributed by atoms with Crippen molar-refractivity contribution in [2.75, 3.05) is 0 Å². The quantitative estimate of drug-likeness (QED) is 0.626. The molecule has 0 spiro atoms. The molecule has 102 valence electrons. The van der Waals surface area contributed by atoms with Crippen LogP contribution in [-0.2, 0) is 9.59 Å². The lowest BCUT2D eigenvalue weighted by atomic mass is 9.78. The molecule has 0 aromatic rings. The highest BCUT2D eigenvalue weighted by atomic mass is 16.3. The van der Waals surface area contributed by atoms with Gasteiger partial charge in [-0.3, -0.25) is 9.59 Å². The molecule has 2 amide bonds. The van der Waals surface area contributed by atoms with Crippen LogP contribution in [0.25, 0.3) is 0 Å². The Balaban J connectivity index is 1.88. The van der Waals surface area contributed by atoms with Gasteiger partial charge < -0.3 is 15.7 Å². The molecule has 1 unspecified atom stereocenters. The summed E-state index contributed by atoms with van der Waals surface area (Å²) in [6.45, 7) is 3.40. The topological polar surface area (TPSA) is 78.4 Å². The maximum Gasteiger partial charge on any atom is 0.228 e. The first-order chi connectivity index (χ1) is 8.50. The number of β-lactam (4-membered cyclic amide) rings is 1. The third kappa shape index (κ3) is 2.51. The predicted octanol–water partition coefficient (Wildman–Crippen LogP) is 0.177. The van der Waals surface area contributed by atoms with Crippen molar-refractivity contribution in [1.29, 1.82) is 0 Å². The zero-order valence-electron chi connectivity index (χ0n) is 11.0. The lowest BCUT2D eigenvalue weighted by Gasteiger charge is -2.41. The van der Waals surface area contributed by atoms with Crippen molar-refractivity contribution in [1.82, 2.24) is 10.6 Å². The fourth-order valence-electron chi connectivity index (χ4n) is 2.94. The fourth-order valence-corrected chi connectivity index (χ4v) is 2.94. The van der Waals surface area contributed by atoms with Crippen molar-refractivity contribution in [2.45, 2.75) is 57.7 Å². The Labute approximate surface area is 107 Å². The minimum atomic E-state index is -0.703. The lowest BCUT2D eigenvalue weighted by Crippen LogP contribution is -2.66. The number of hydrogen-bond donors (Lipinski definition) is 3. The molecule has 4 atom stereocenters. The van der Waals surface area contributed by atoms with Crippen LogP contribution < -0.4 is 10.6 Å². The summed E-state index contributed by atoms with van der Waals surface area (Å²) in [7, 11) is 0. The van der Waals surface area contributed by atoms with Crippen LogP contribution in [-0.4, -0.2) is 35.1 Å². The Bertz CT molecular complexity index is 337. The average Bonchev–Trinajstić information content (AvgIpc) is 2.76. The number of aliphatic hydroxyl groups is 1. The van der Waals surface area contributed by atoms with Crippen LogP contribution in [0.1, 0.15) is 39.5 Å². The molecule has 2 rings (SSSR count). The molecule has 5 heteroatoms. The highest BCUT2D eigenvalue weighted by Crippen LogP contribution is 2.26. The van der Waals surface area contributed by atoms with Crippen molar-refractivity contribution in [3.8, 4) is 0 Å². The Morgan fingerprint density at radius 2 is 2.00 bits per heavy atom. The van der Waals surface area contributed by atoms with E-state index in [1.807, 2.05) is 6.92 Å². The van der Waals surface area contributed by atoms with Crippen molar-refractivity contribution < 1.29 is 14.7 Å². The first kappa shape index (κ1) is 13.3. The minimum absolute atomic E-state index is 0.0162. The molecule has 0 bridgehead atoms. The van der Waals surface area contributed by atoms with Gasteiger partial charge in [0.25, 0.3) is 0 Å². The molecule has 2 fully saturated rings. The maximum atomic E-state index is 12.1. The number of carbonyl (C=O) groups is 2. The summed E-state index contributed by atoms with van der Waals surface area (Å²) < 4.78 is 0. The molecule has 1 aliphatic heterocycles. The van der Waals surface area contributed by atoms with Gasteiger partial charge in [-0.1, -0.05) is 19.8 Å². The van der Waals surface area contributed by atoms with Gasteiger partial charge in [0.2, 0.25) is 11.8 Å². The van der Waals surface area contributed by atoms with Gasteiger partial charge in [0.05, 0.1) is 24.0 Å². The van der Waals surface area contributed by atoms with Crippen molar-refractivity contribution in [3.63, 3.8) is 0 Å². The molecule has 18 heavy (non-hydrogen) atoms. The second-order valence-electron chi connectivity index (χ2n) is 5.58. The second kappa shape index (κ2) is 5.26. The van der Waals surface area contributed by atoms with Crippen LogP contribution in [0.4, 0.5) is 0 Å². The first-order valence-corrected chi connectivity index (χ1v) is 6.79. The molecule has 0 aromatic heterocycles. The van der Waals surface area contributed by atoms with Crippen molar-refractivity contribution in [2.24, 2.45) is 11.8 Å². The molecule has 1 heterocycles. The smallest absolute Gasteiger partial charge is 0.228 e. The normalized spacial score (nSPS) is 31.4. The second-order valence-corrected chi connectivity index (χ2v) is 5.58. The summed E-state index contributed by atoms with van der Waals surface area (Å²) in [5.74, 6) is -0.912. The van der Waals surface area contributed by atoms with Crippen molar-refractivity contribution in [3.05, 3.63) is 0 Å². The van der Waals surface area contributed by atoms with Crippen LogP contribution in [0, 0.1) is 11.8 Å². The van der Waals surface area contributed by atoms with E-state index in [4.69, 9.17) is 0 Å². The van der Waals surface area contributed by atoms with Crippen LogP contribution in [0.2, 0.25) is 0 Å². The summed E-state index contributed by atoms with van der Waals surface area (Å²) >= 11 is 0. The van der Waals surface area contributed by atoms with Crippen LogP contribution in [0.15, 0.2) is 0 Å². The van der Waals surface area contributed by atoms with E-state index >= 15 is 0 Å². The third-order valence-corrected chi connectivity index (χ3v) is 4.17. The SMILES string of the molecule is CC(C(=O)NC1CCCC1)[C@H]1NC(=O)[C@@H]1[C@@H](C)O. The molecule has 3 N–H and O–H groups in total. The highest BCUT2D eigenvalue weighted by molar-refractivity contribution is 5.90. The van der Waals surface area contributed by atoms with E-state index in [0.29, 0.717) is 6.04 Å². The molecular formula is C13H22N2O3. The first-order valence-electron chi connectivity index (χ1n) is 6.79. The molecule has 0 radical (unpaired) electrons. The number of aliphatic hydroxyl groups excluding tert-OH is 1. The van der Waals surface area contributed by atoms with E-state index in [2.05, 4.69) is 10.6 Å². The Kier molecular flexibility index (Phi) is 3.90. The summed E-state index contributed by atoms with van der Waals surface area (Å²) in [5, 5.41) is 15.3. The van der Waals surface area contributed by atoms with E-state index in [-0.39, 0.29) is 23.8 Å². The standard InChI is InChI=1S/C13H22N2O3/c1-7(11-10(8(2)16)13(18)15-11)12(17)14-9-5-3-4-6-9/h7-11,16H,3-6H2,1-2H3,(H,14,17)(H,15,18)/t7?,8-,10-,11-/m1/s1. The molecule has 1 saturated carbocycles. The van der Waals surface area contributed by atoms with Gasteiger partial charge in [0.15, 0.2) is 0 Å². The predicted molar refractivity (Wildman–Crippen MR) is 66.7 cm³/mol. The lowest BCUT2D eigenvalue weighted by molar-refractivity contribution is -0.145. The molecule has 2 aliphatic rings. The Morgan fingerprint density at radius 1 is 1.39 bits per heavy atom. The summed E-state index contributed by atoms with van der Waals surface area (Å²) in [5.41, 5.74) is 0. The van der Waals surface area contributed by atoms with E-state index in [0.717, 1.165) is 12.8 Å². The number of hydrogen-bond acceptors (Lipinski definition) is 3. The number of rotatable bonds is 4. The fraction of sp³-hybridized carbons (Fsp3) is 0.846. The maximum absolute atomic E-state index is 12.1. The molecule has 1 saturated heterocycles. The zero-order valence-corrected chi connectivity index (χ0v) is 11.0. The van der Waals surface area contributed by atoms with Crippen LogP contribution >= 0.6 is 0 Å². The summed E-state index contributed by atoms with van der Waals surface area (Å²) in [4.78, 5) is 23.4. The van der Waals surface area contributed by atoms with Gasteiger partial charge in [0.1, 0.15) is 0 Å². The third-order valence-electron chi connectivity index (χ3n) is 4.17. The van der Waals surface area contributed by atoms with E-state index in [9.17, 15) is 14.7 Å². The van der Waals surface area contributed by atoms with Gasteiger partial charge in [-0.2, -0.15) is 0 Å². The van der Waals surface area contributed by atoms with Gasteiger partial charge in [-0.15, -0.1) is 0 Å². The number of amides is 2. The van der Waals surface area contributed by atoms with Crippen LogP contribution in [0.3, 0.4) is 0 Å². The summed E-state index contributed by atoms with van der Waals surface area (Å²) in [6.07, 6.45) is 3.75. The molecule has 1 aliphatic carbocycles. The Hall–Kier alpha value is -1.10. The van der Waals surface area contributed by atoms with E-state index in [1.54, 1.807) is 6.92 Å². The number of nitrogens with one attached hydrogen (secondary N) is 2. The summed E-state index contributed by atoms with van der Waals surface area (Å²) in [6, 6.07) is 0.0552. The largest absolute Gasteiger partial charge is 0.393 e. The Morgan fingerprint density at radius 3 is 2.50 bits per heavy atom. The highest BCUT2D eigenvalue weighted by Gasteiger charge is 2.47. The van der Waals surface area contributed by atoms with Gasteiger partial charge >= 0.3 is 0 Å². The van der Waals surface area contributed by atoms with E-state index < -0.39 is 12.0 Å². The minimum Gasteiger partial charge on any atom is -0.393 e. The zero-order chi connectivity index (χ0) is 13.3. The van der Waals surface area contributed by atoms with Crippen LogP contribution in [0.5, 0.6) is 0 Å². The van der Waals surface area contributed by atoms with Gasteiger partial charge in [-0.05, 0) is 19.8 Å². The van der Waals surface area contributed by atoms with Gasteiger partial charge in [-0.25, -0.2) is 0 Å². The average molecular weight is 254 g/mol.